The van der Waals surface area contributed by atoms with E-state index in [0.717, 1.165) is 12.4 Å². The summed E-state index contributed by atoms with van der Waals surface area (Å²) in [7, 11) is 0. The molecule has 1 aromatic carbocycles. The second-order valence-corrected chi connectivity index (χ2v) is 3.14. The van der Waals surface area contributed by atoms with E-state index in [9.17, 15) is 0 Å². The average Bonchev–Trinajstić information content (AvgIpc) is 2.30. The van der Waals surface area contributed by atoms with E-state index in [1.54, 1.807) is 0 Å². The molecular formula is C13H22O. The van der Waals surface area contributed by atoms with Crippen LogP contribution in [-0.2, 0) is 0 Å². The number of para-hydroxylation sites is 1. The monoisotopic (exact) mass is 194 g/mol. The van der Waals surface area contributed by atoms with Crippen LogP contribution in [0.25, 0.3) is 0 Å². The zero-order chi connectivity index (χ0) is 10.8. The summed E-state index contributed by atoms with van der Waals surface area (Å²) in [6, 6.07) is 9.96. The first-order valence-corrected chi connectivity index (χ1v) is 5.50. The van der Waals surface area contributed by atoms with Crippen LogP contribution in [0, 0.1) is 5.92 Å². The van der Waals surface area contributed by atoms with Gasteiger partial charge in [0, 0.05) is 0 Å². The molecule has 0 radical (unpaired) electrons. The van der Waals surface area contributed by atoms with Crippen molar-refractivity contribution in [2.24, 2.45) is 5.92 Å². The molecule has 0 heterocycles. The van der Waals surface area contributed by atoms with Crippen LogP contribution >= 0.6 is 0 Å². The number of hydrogen-bond donors (Lipinski definition) is 0. The van der Waals surface area contributed by atoms with E-state index in [-0.39, 0.29) is 0 Å². The largest absolute Gasteiger partial charge is 0.493 e. The molecule has 0 aliphatic carbocycles. The molecule has 0 aliphatic rings. The molecule has 1 atom stereocenters. The average molecular weight is 194 g/mol. The van der Waals surface area contributed by atoms with Crippen LogP contribution in [0.15, 0.2) is 30.3 Å². The Morgan fingerprint density at radius 2 is 1.71 bits per heavy atom. The SMILES string of the molecule is CC.CCC(C)COc1ccccc1. The van der Waals surface area contributed by atoms with Crippen molar-refractivity contribution in [3.63, 3.8) is 0 Å². The second kappa shape index (κ2) is 8.61. The third-order valence-corrected chi connectivity index (χ3v) is 1.97. The Labute approximate surface area is 88.1 Å². The van der Waals surface area contributed by atoms with Gasteiger partial charge in [0.15, 0.2) is 0 Å². The molecule has 1 rings (SSSR count). The molecule has 0 fully saturated rings. The van der Waals surface area contributed by atoms with Gasteiger partial charge in [-0.3, -0.25) is 0 Å². The van der Waals surface area contributed by atoms with Gasteiger partial charge in [-0.2, -0.15) is 0 Å². The Morgan fingerprint density at radius 3 is 2.21 bits per heavy atom. The standard InChI is InChI=1S/C11H16O.C2H6/c1-3-10(2)9-12-11-7-5-4-6-8-11;1-2/h4-8,10H,3,9H2,1-2H3;1-2H3. The Kier molecular flexibility index (Phi) is 8.01. The van der Waals surface area contributed by atoms with Crippen molar-refractivity contribution in [2.75, 3.05) is 6.61 Å². The van der Waals surface area contributed by atoms with Crippen molar-refractivity contribution in [3.05, 3.63) is 30.3 Å². The Morgan fingerprint density at radius 1 is 1.14 bits per heavy atom. The third-order valence-electron chi connectivity index (χ3n) is 1.97. The molecule has 0 amide bonds. The van der Waals surface area contributed by atoms with E-state index in [2.05, 4.69) is 13.8 Å². The summed E-state index contributed by atoms with van der Waals surface area (Å²) in [5, 5.41) is 0. The summed E-state index contributed by atoms with van der Waals surface area (Å²) in [5.41, 5.74) is 0. The van der Waals surface area contributed by atoms with Gasteiger partial charge < -0.3 is 4.74 Å². The summed E-state index contributed by atoms with van der Waals surface area (Å²) in [5.74, 6) is 1.61. The van der Waals surface area contributed by atoms with Crippen molar-refractivity contribution >= 4 is 0 Å². The molecular weight excluding hydrogens is 172 g/mol. The summed E-state index contributed by atoms with van der Waals surface area (Å²) in [6.45, 7) is 9.20. The molecule has 0 aromatic heterocycles. The first-order chi connectivity index (χ1) is 6.83. The van der Waals surface area contributed by atoms with E-state index in [1.807, 2.05) is 44.2 Å². The van der Waals surface area contributed by atoms with Crippen LogP contribution in [0.4, 0.5) is 0 Å². The van der Waals surface area contributed by atoms with Crippen LogP contribution in [0.2, 0.25) is 0 Å². The summed E-state index contributed by atoms with van der Waals surface area (Å²) >= 11 is 0. The summed E-state index contributed by atoms with van der Waals surface area (Å²) < 4.78 is 5.56. The molecule has 0 spiro atoms. The fourth-order valence-corrected chi connectivity index (χ4v) is 0.873. The highest BCUT2D eigenvalue weighted by Gasteiger charge is 1.98. The minimum Gasteiger partial charge on any atom is -0.493 e. The minimum atomic E-state index is 0.644. The molecule has 1 aromatic rings. The van der Waals surface area contributed by atoms with Gasteiger partial charge in [0.05, 0.1) is 6.61 Å². The molecule has 0 bridgehead atoms. The number of rotatable bonds is 4. The van der Waals surface area contributed by atoms with Crippen molar-refractivity contribution in [1.29, 1.82) is 0 Å². The highest BCUT2D eigenvalue weighted by molar-refractivity contribution is 5.20. The highest BCUT2D eigenvalue weighted by Crippen LogP contribution is 2.10. The van der Waals surface area contributed by atoms with E-state index in [4.69, 9.17) is 4.74 Å². The van der Waals surface area contributed by atoms with E-state index < -0.39 is 0 Å². The van der Waals surface area contributed by atoms with E-state index >= 15 is 0 Å². The lowest BCUT2D eigenvalue weighted by Gasteiger charge is -2.10. The lowest BCUT2D eigenvalue weighted by Crippen LogP contribution is -2.06. The van der Waals surface area contributed by atoms with Crippen molar-refractivity contribution < 1.29 is 4.74 Å². The molecule has 0 saturated heterocycles. The van der Waals surface area contributed by atoms with Gasteiger partial charge in [-0.05, 0) is 18.1 Å². The molecule has 1 nitrogen and oxygen atoms in total. The zero-order valence-electron chi connectivity index (χ0n) is 9.79. The minimum absolute atomic E-state index is 0.644. The van der Waals surface area contributed by atoms with Crippen molar-refractivity contribution in [2.45, 2.75) is 34.1 Å². The van der Waals surface area contributed by atoms with Crippen molar-refractivity contribution in [3.8, 4) is 5.75 Å². The third kappa shape index (κ3) is 5.63. The predicted octanol–water partition coefficient (Wildman–Crippen LogP) is 4.14. The van der Waals surface area contributed by atoms with Gasteiger partial charge in [0.2, 0.25) is 0 Å². The maximum Gasteiger partial charge on any atom is 0.119 e. The number of benzene rings is 1. The fraction of sp³-hybridized carbons (Fsp3) is 0.538. The normalized spacial score (nSPS) is 11.1. The van der Waals surface area contributed by atoms with Gasteiger partial charge in [-0.25, -0.2) is 0 Å². The molecule has 80 valence electrons. The molecule has 0 aliphatic heterocycles. The fourth-order valence-electron chi connectivity index (χ4n) is 0.873. The first kappa shape index (κ1) is 13.0. The topological polar surface area (TPSA) is 9.23 Å². The Hall–Kier alpha value is -0.980. The van der Waals surface area contributed by atoms with Crippen LogP contribution in [0.3, 0.4) is 0 Å². The number of hydrogen-bond acceptors (Lipinski definition) is 1. The van der Waals surface area contributed by atoms with Crippen LogP contribution in [-0.4, -0.2) is 6.61 Å². The maximum absolute atomic E-state index is 5.56. The van der Waals surface area contributed by atoms with Crippen molar-refractivity contribution in [1.82, 2.24) is 0 Å². The van der Waals surface area contributed by atoms with E-state index in [0.29, 0.717) is 5.92 Å². The quantitative estimate of drug-likeness (QED) is 0.700. The molecule has 14 heavy (non-hydrogen) atoms. The molecule has 1 unspecified atom stereocenters. The smallest absolute Gasteiger partial charge is 0.119 e. The van der Waals surface area contributed by atoms with Crippen LogP contribution < -0.4 is 4.74 Å². The lowest BCUT2D eigenvalue weighted by molar-refractivity contribution is 0.256. The van der Waals surface area contributed by atoms with Gasteiger partial charge in [0.1, 0.15) is 5.75 Å². The molecule has 1 heteroatoms. The van der Waals surface area contributed by atoms with Crippen LogP contribution in [0.5, 0.6) is 5.75 Å². The van der Waals surface area contributed by atoms with Gasteiger partial charge in [-0.15, -0.1) is 0 Å². The highest BCUT2D eigenvalue weighted by atomic mass is 16.5. The Balaban J connectivity index is 0.000000791. The lowest BCUT2D eigenvalue weighted by atomic mass is 10.1. The van der Waals surface area contributed by atoms with Gasteiger partial charge >= 0.3 is 0 Å². The second-order valence-electron chi connectivity index (χ2n) is 3.14. The molecule has 0 saturated carbocycles. The van der Waals surface area contributed by atoms with E-state index in [1.165, 1.54) is 6.42 Å². The number of ether oxygens (including phenoxy) is 1. The van der Waals surface area contributed by atoms with Gasteiger partial charge in [0.25, 0.3) is 0 Å². The zero-order valence-corrected chi connectivity index (χ0v) is 9.79. The summed E-state index contributed by atoms with van der Waals surface area (Å²) in [4.78, 5) is 0. The maximum atomic E-state index is 5.56. The first-order valence-electron chi connectivity index (χ1n) is 5.50. The molecule has 0 N–H and O–H groups in total. The summed E-state index contributed by atoms with van der Waals surface area (Å²) in [6.07, 6.45) is 1.17. The predicted molar refractivity (Wildman–Crippen MR) is 62.7 cm³/mol. The van der Waals surface area contributed by atoms with Crippen LogP contribution in [0.1, 0.15) is 34.1 Å². The Bertz CT molecular complexity index is 206. The van der Waals surface area contributed by atoms with Gasteiger partial charge in [-0.1, -0.05) is 52.3 Å².